The van der Waals surface area contributed by atoms with Crippen LogP contribution in [-0.4, -0.2) is 51.9 Å². The predicted molar refractivity (Wildman–Crippen MR) is 154 cm³/mol. The van der Waals surface area contributed by atoms with Crippen LogP contribution in [0, 0.1) is 0 Å². The standard InChI is InChI=1S/C31H43N3O6/c1-31(2)39-22-25-19-24(13-14-28(25)40-31)27(35)20-32-15-6-4-3-5-7-16-38-17-9-11-23-10-8-12-26(18-23)34-29(36)21-33-30(34)37/h8,10,12-14,18-19,21,27,32,35-36H,3-7,9,11,15-17,20,22H2,1-2H3,(H,33,37)/t27-/m0/s1. The van der Waals surface area contributed by atoms with Gasteiger partial charge in [0.2, 0.25) is 11.7 Å². The van der Waals surface area contributed by atoms with Gasteiger partial charge in [0.05, 0.1) is 24.6 Å². The number of unbranched alkanes of at least 4 members (excludes halogenated alkanes) is 4. The molecule has 0 radical (unpaired) electrons. The Hall–Kier alpha value is -3.11. The minimum atomic E-state index is -0.614. The molecule has 0 amide bonds. The number of rotatable bonds is 16. The summed E-state index contributed by atoms with van der Waals surface area (Å²) in [6.07, 6.45) is 8.10. The van der Waals surface area contributed by atoms with E-state index in [1.165, 1.54) is 17.2 Å². The molecule has 218 valence electrons. The number of aryl methyl sites for hydroxylation is 1. The van der Waals surface area contributed by atoms with Crippen LogP contribution in [0.15, 0.2) is 53.5 Å². The molecule has 0 spiro atoms. The van der Waals surface area contributed by atoms with Crippen molar-refractivity contribution in [3.05, 3.63) is 75.8 Å². The van der Waals surface area contributed by atoms with E-state index in [1.54, 1.807) is 6.07 Å². The first-order valence-corrected chi connectivity index (χ1v) is 14.3. The van der Waals surface area contributed by atoms with Gasteiger partial charge in [0, 0.05) is 39.2 Å². The molecule has 4 N–H and O–H groups in total. The van der Waals surface area contributed by atoms with Crippen LogP contribution < -0.4 is 15.7 Å². The van der Waals surface area contributed by atoms with Gasteiger partial charge in [0.1, 0.15) is 5.75 Å². The third kappa shape index (κ3) is 8.69. The van der Waals surface area contributed by atoms with E-state index in [1.807, 2.05) is 50.2 Å². The maximum Gasteiger partial charge on any atom is 0.333 e. The molecular weight excluding hydrogens is 510 g/mol. The molecule has 9 heteroatoms. The summed E-state index contributed by atoms with van der Waals surface area (Å²) < 4.78 is 18.6. The highest BCUT2D eigenvalue weighted by Gasteiger charge is 2.27. The molecule has 1 atom stereocenters. The third-order valence-corrected chi connectivity index (χ3v) is 7.06. The van der Waals surface area contributed by atoms with Crippen molar-refractivity contribution in [3.63, 3.8) is 0 Å². The molecule has 2 heterocycles. The van der Waals surface area contributed by atoms with Crippen LogP contribution in [0.3, 0.4) is 0 Å². The largest absolute Gasteiger partial charge is 0.493 e. The molecule has 1 aliphatic rings. The van der Waals surface area contributed by atoms with E-state index in [2.05, 4.69) is 10.3 Å². The average Bonchev–Trinajstić information content (AvgIpc) is 3.28. The molecule has 0 bridgehead atoms. The number of nitrogens with zero attached hydrogens (tertiary/aromatic N) is 1. The molecule has 1 aliphatic heterocycles. The summed E-state index contributed by atoms with van der Waals surface area (Å²) >= 11 is 0. The summed E-state index contributed by atoms with van der Waals surface area (Å²) in [6, 6.07) is 13.4. The van der Waals surface area contributed by atoms with Gasteiger partial charge in [-0.15, -0.1) is 0 Å². The Morgan fingerprint density at radius 2 is 1.88 bits per heavy atom. The van der Waals surface area contributed by atoms with Crippen molar-refractivity contribution >= 4 is 0 Å². The lowest BCUT2D eigenvalue weighted by atomic mass is 10.0. The number of ether oxygens (including phenoxy) is 3. The van der Waals surface area contributed by atoms with Crippen LogP contribution in [0.1, 0.15) is 75.2 Å². The van der Waals surface area contributed by atoms with Crippen LogP contribution in [0.4, 0.5) is 0 Å². The van der Waals surface area contributed by atoms with E-state index in [4.69, 9.17) is 14.2 Å². The fourth-order valence-corrected chi connectivity index (χ4v) is 4.85. The molecule has 0 fully saturated rings. The number of aliphatic hydroxyl groups is 1. The number of nitrogens with one attached hydrogen (secondary N) is 2. The zero-order valence-electron chi connectivity index (χ0n) is 23.7. The zero-order valence-corrected chi connectivity index (χ0v) is 23.7. The summed E-state index contributed by atoms with van der Waals surface area (Å²) in [5, 5.41) is 23.8. The van der Waals surface area contributed by atoms with Gasteiger partial charge in [-0.3, -0.25) is 0 Å². The van der Waals surface area contributed by atoms with Crippen molar-refractivity contribution in [1.82, 2.24) is 14.9 Å². The van der Waals surface area contributed by atoms with Crippen molar-refractivity contribution in [1.29, 1.82) is 0 Å². The molecule has 4 rings (SSSR count). The number of aromatic amines is 1. The molecule has 0 saturated heterocycles. The molecule has 1 aromatic heterocycles. The van der Waals surface area contributed by atoms with E-state index >= 15 is 0 Å². The van der Waals surface area contributed by atoms with E-state index in [0.717, 1.165) is 74.1 Å². The second kappa shape index (κ2) is 14.5. The van der Waals surface area contributed by atoms with E-state index in [-0.39, 0.29) is 11.6 Å². The van der Waals surface area contributed by atoms with Gasteiger partial charge in [0.25, 0.3) is 0 Å². The minimum Gasteiger partial charge on any atom is -0.493 e. The van der Waals surface area contributed by atoms with E-state index in [0.29, 0.717) is 25.4 Å². The number of fused-ring (bicyclic) bond motifs is 1. The van der Waals surface area contributed by atoms with Crippen LogP contribution in [0.25, 0.3) is 5.69 Å². The second-order valence-electron chi connectivity index (χ2n) is 10.8. The number of aliphatic hydroxyl groups excluding tert-OH is 1. The first-order chi connectivity index (χ1) is 19.3. The molecule has 2 aromatic carbocycles. The fraction of sp³-hybridized carbons (Fsp3) is 0.516. The topological polar surface area (TPSA) is 118 Å². The number of hydrogen-bond donors (Lipinski definition) is 4. The highest BCUT2D eigenvalue weighted by molar-refractivity contribution is 5.39. The van der Waals surface area contributed by atoms with Crippen molar-refractivity contribution in [3.8, 4) is 17.3 Å². The number of imidazole rings is 1. The second-order valence-corrected chi connectivity index (χ2v) is 10.8. The van der Waals surface area contributed by atoms with Crippen molar-refractivity contribution in [2.75, 3.05) is 26.3 Å². The van der Waals surface area contributed by atoms with Gasteiger partial charge < -0.3 is 34.7 Å². The van der Waals surface area contributed by atoms with Gasteiger partial charge >= 0.3 is 5.69 Å². The first kappa shape index (κ1) is 29.9. The SMILES string of the molecule is CC1(C)OCc2cc([C@@H](O)CNCCCCCCCOCCCc3cccc(-n4c(O)c[nH]c4=O)c3)ccc2O1. The summed E-state index contributed by atoms with van der Waals surface area (Å²) in [6.45, 7) is 7.16. The number of benzene rings is 2. The smallest absolute Gasteiger partial charge is 0.333 e. The average molecular weight is 554 g/mol. The summed E-state index contributed by atoms with van der Waals surface area (Å²) in [5.74, 6) is 0.109. The Morgan fingerprint density at radius 1 is 1.07 bits per heavy atom. The lowest BCUT2D eigenvalue weighted by Crippen LogP contribution is -2.35. The van der Waals surface area contributed by atoms with Crippen LogP contribution in [0.2, 0.25) is 0 Å². The molecule has 40 heavy (non-hydrogen) atoms. The minimum absolute atomic E-state index is 0.0989. The Labute approximate surface area is 236 Å². The first-order valence-electron chi connectivity index (χ1n) is 14.3. The quantitative estimate of drug-likeness (QED) is 0.189. The molecule has 0 saturated carbocycles. The zero-order chi connectivity index (χ0) is 28.4. The fourth-order valence-electron chi connectivity index (χ4n) is 4.85. The Balaban J connectivity index is 0.990. The van der Waals surface area contributed by atoms with Crippen LogP contribution >= 0.6 is 0 Å². The Morgan fingerprint density at radius 3 is 2.70 bits per heavy atom. The van der Waals surface area contributed by atoms with Gasteiger partial charge in [-0.25, -0.2) is 9.36 Å². The maximum absolute atomic E-state index is 11.9. The monoisotopic (exact) mass is 553 g/mol. The predicted octanol–water partition coefficient (Wildman–Crippen LogP) is 4.74. The van der Waals surface area contributed by atoms with Crippen molar-refractivity contribution in [2.24, 2.45) is 0 Å². The number of hydrogen-bond acceptors (Lipinski definition) is 7. The normalized spacial score (nSPS) is 15.0. The summed E-state index contributed by atoms with van der Waals surface area (Å²) in [5.41, 5.74) is 3.24. The van der Waals surface area contributed by atoms with Crippen molar-refractivity contribution < 1.29 is 24.4 Å². The van der Waals surface area contributed by atoms with Crippen molar-refractivity contribution in [2.45, 2.75) is 77.3 Å². The Kier molecular flexibility index (Phi) is 10.8. The van der Waals surface area contributed by atoms with E-state index < -0.39 is 11.9 Å². The number of H-pyrrole nitrogens is 1. The van der Waals surface area contributed by atoms with Gasteiger partial charge in [0.15, 0.2) is 0 Å². The summed E-state index contributed by atoms with van der Waals surface area (Å²) in [7, 11) is 0. The number of aromatic nitrogens is 2. The lowest BCUT2D eigenvalue weighted by molar-refractivity contribution is -0.180. The van der Waals surface area contributed by atoms with Gasteiger partial charge in [-0.1, -0.05) is 37.5 Å². The third-order valence-electron chi connectivity index (χ3n) is 7.06. The Bertz CT molecular complexity index is 1270. The van der Waals surface area contributed by atoms with E-state index in [9.17, 15) is 15.0 Å². The lowest BCUT2D eigenvalue weighted by Gasteiger charge is -2.33. The van der Waals surface area contributed by atoms with Crippen LogP contribution in [0.5, 0.6) is 11.6 Å². The highest BCUT2D eigenvalue weighted by Crippen LogP contribution is 2.32. The van der Waals surface area contributed by atoms with Gasteiger partial charge in [-0.05, 0) is 67.6 Å². The summed E-state index contributed by atoms with van der Waals surface area (Å²) in [4.78, 5) is 14.3. The van der Waals surface area contributed by atoms with Crippen LogP contribution in [-0.2, 0) is 22.5 Å². The molecule has 0 aliphatic carbocycles. The molecule has 3 aromatic rings. The number of aromatic hydroxyl groups is 1. The maximum atomic E-state index is 11.9. The molecule has 9 nitrogen and oxygen atoms in total. The van der Waals surface area contributed by atoms with Gasteiger partial charge in [-0.2, -0.15) is 0 Å². The molecule has 0 unspecified atom stereocenters. The highest BCUT2D eigenvalue weighted by atomic mass is 16.7. The molecular formula is C31H43N3O6.